The van der Waals surface area contributed by atoms with Gasteiger partial charge < -0.3 is 5.73 Å². The van der Waals surface area contributed by atoms with Gasteiger partial charge in [0.25, 0.3) is 0 Å². The number of hydrogen-bond donors (Lipinski definition) is 1. The van der Waals surface area contributed by atoms with Gasteiger partial charge in [-0.1, -0.05) is 12.1 Å². The van der Waals surface area contributed by atoms with Crippen molar-refractivity contribution in [2.45, 2.75) is 32.7 Å². The first-order valence-corrected chi connectivity index (χ1v) is 6.80. The first-order valence-electron chi connectivity index (χ1n) is 6.80. The van der Waals surface area contributed by atoms with E-state index in [2.05, 4.69) is 0 Å². The number of fused-ring (bicyclic) bond motifs is 2. The third-order valence-electron chi connectivity index (χ3n) is 4.40. The predicted molar refractivity (Wildman–Crippen MR) is 72.4 cm³/mol. The van der Waals surface area contributed by atoms with Gasteiger partial charge in [-0.15, -0.1) is 0 Å². The molecule has 0 spiro atoms. The molecule has 4 nitrogen and oxygen atoms in total. The van der Waals surface area contributed by atoms with Crippen LogP contribution in [0.1, 0.15) is 30.4 Å². The maximum Gasteiger partial charge on any atom is 0.236 e. The third kappa shape index (κ3) is 1.78. The summed E-state index contributed by atoms with van der Waals surface area (Å²) in [5, 5.41) is 0. The Bertz CT molecular complexity index is 531. The fraction of sp³-hybridized carbons (Fsp3) is 0.467. The number of nitrogens with two attached hydrogens (primary N) is 1. The van der Waals surface area contributed by atoms with E-state index in [1.54, 1.807) is 0 Å². The Morgan fingerprint density at radius 1 is 1.21 bits per heavy atom. The minimum atomic E-state index is -0.0425. The lowest BCUT2D eigenvalue weighted by Gasteiger charge is -2.31. The Kier molecular flexibility index (Phi) is 2.90. The Labute approximate surface area is 112 Å². The number of amides is 2. The van der Waals surface area contributed by atoms with E-state index in [1.165, 1.54) is 4.90 Å². The molecule has 4 heteroatoms. The molecule has 100 valence electrons. The topological polar surface area (TPSA) is 63.4 Å². The van der Waals surface area contributed by atoms with Crippen LogP contribution in [0.2, 0.25) is 0 Å². The molecule has 19 heavy (non-hydrogen) atoms. The zero-order valence-corrected chi connectivity index (χ0v) is 11.1. The first-order chi connectivity index (χ1) is 9.13. The van der Waals surface area contributed by atoms with Crippen LogP contribution in [0.3, 0.4) is 0 Å². The van der Waals surface area contributed by atoms with Crippen LogP contribution in [-0.2, 0) is 16.1 Å². The highest BCUT2D eigenvalue weighted by molar-refractivity contribution is 6.19. The van der Waals surface area contributed by atoms with E-state index in [1.807, 2.05) is 25.1 Å². The molecule has 2 atom stereocenters. The summed E-state index contributed by atoms with van der Waals surface area (Å²) in [4.78, 5) is 26.3. The summed E-state index contributed by atoms with van der Waals surface area (Å²) in [6.45, 7) is 2.30. The smallest absolute Gasteiger partial charge is 0.236 e. The van der Waals surface area contributed by atoms with Crippen molar-refractivity contribution in [3.8, 4) is 0 Å². The monoisotopic (exact) mass is 258 g/mol. The molecule has 2 fully saturated rings. The number of imide groups is 1. The number of piperidine rings is 1. The van der Waals surface area contributed by atoms with Gasteiger partial charge in [0, 0.05) is 18.4 Å². The van der Waals surface area contributed by atoms with Gasteiger partial charge in [-0.05, 0) is 43.4 Å². The molecule has 3 rings (SSSR count). The highest BCUT2D eigenvalue weighted by atomic mass is 16.2. The van der Waals surface area contributed by atoms with Crippen LogP contribution in [0.15, 0.2) is 18.2 Å². The van der Waals surface area contributed by atoms with Gasteiger partial charge in [-0.3, -0.25) is 9.59 Å². The number of carbonyl (C=O) groups is 2. The standard InChI is InChI=1S/C15H18N2O2/c1-9-3-2-4-13(12(9)8-16)17-14(18)10-5-6-11(7-10)15(17)19/h2-4,10-11H,5-8,16H2,1H3. The summed E-state index contributed by atoms with van der Waals surface area (Å²) in [6.07, 6.45) is 2.42. The maximum absolute atomic E-state index is 12.4. The van der Waals surface area contributed by atoms with E-state index >= 15 is 0 Å². The van der Waals surface area contributed by atoms with Crippen molar-refractivity contribution in [2.75, 3.05) is 4.90 Å². The molecular formula is C15H18N2O2. The zero-order valence-electron chi connectivity index (χ0n) is 11.1. The van der Waals surface area contributed by atoms with Gasteiger partial charge in [-0.2, -0.15) is 0 Å². The molecule has 1 aromatic rings. The Hall–Kier alpha value is -1.68. The number of benzene rings is 1. The second-order valence-corrected chi connectivity index (χ2v) is 5.50. The van der Waals surface area contributed by atoms with Crippen molar-refractivity contribution in [1.29, 1.82) is 0 Å². The van der Waals surface area contributed by atoms with E-state index in [4.69, 9.17) is 5.73 Å². The van der Waals surface area contributed by atoms with Crippen molar-refractivity contribution < 1.29 is 9.59 Å². The normalized spacial score (nSPS) is 26.1. The quantitative estimate of drug-likeness (QED) is 0.822. The SMILES string of the molecule is Cc1cccc(N2C(=O)C3CCC(C3)C2=O)c1CN. The van der Waals surface area contributed by atoms with Crippen molar-refractivity contribution in [1.82, 2.24) is 0 Å². The first kappa shape index (κ1) is 12.4. The van der Waals surface area contributed by atoms with Crippen molar-refractivity contribution >= 4 is 17.5 Å². The van der Waals surface area contributed by atoms with E-state index in [-0.39, 0.29) is 23.7 Å². The molecule has 2 bridgehead atoms. The second kappa shape index (κ2) is 4.46. The molecule has 1 saturated carbocycles. The molecule has 1 aliphatic carbocycles. The van der Waals surface area contributed by atoms with Crippen LogP contribution in [0.5, 0.6) is 0 Å². The second-order valence-electron chi connectivity index (χ2n) is 5.50. The molecule has 0 aromatic heterocycles. The third-order valence-corrected chi connectivity index (χ3v) is 4.40. The van der Waals surface area contributed by atoms with Crippen LogP contribution in [0.4, 0.5) is 5.69 Å². The molecule has 2 N–H and O–H groups in total. The predicted octanol–water partition coefficient (Wildman–Crippen LogP) is 1.74. The number of anilines is 1. The summed E-state index contributed by atoms with van der Waals surface area (Å²) in [5.41, 5.74) is 8.39. The Balaban J connectivity index is 2.08. The number of rotatable bonds is 2. The molecule has 2 aliphatic rings. The van der Waals surface area contributed by atoms with Crippen molar-refractivity contribution in [3.63, 3.8) is 0 Å². The summed E-state index contributed by atoms with van der Waals surface area (Å²) >= 11 is 0. The van der Waals surface area contributed by atoms with Crippen LogP contribution < -0.4 is 10.6 Å². The lowest BCUT2D eigenvalue weighted by Crippen LogP contribution is -2.47. The van der Waals surface area contributed by atoms with Crippen LogP contribution in [0, 0.1) is 18.8 Å². The average molecular weight is 258 g/mol. The van der Waals surface area contributed by atoms with Crippen LogP contribution in [-0.4, -0.2) is 11.8 Å². The Morgan fingerprint density at radius 3 is 2.42 bits per heavy atom. The van der Waals surface area contributed by atoms with Crippen molar-refractivity contribution in [3.05, 3.63) is 29.3 Å². The van der Waals surface area contributed by atoms with Crippen LogP contribution in [0.25, 0.3) is 0 Å². The zero-order chi connectivity index (χ0) is 13.6. The van der Waals surface area contributed by atoms with Gasteiger partial charge in [-0.25, -0.2) is 4.90 Å². The fourth-order valence-corrected chi connectivity index (χ4v) is 3.30. The average Bonchev–Trinajstić information content (AvgIpc) is 2.84. The highest BCUT2D eigenvalue weighted by Crippen LogP contribution is 2.41. The molecule has 0 radical (unpaired) electrons. The summed E-state index contributed by atoms with van der Waals surface area (Å²) in [5.74, 6) is -0.0410. The van der Waals surface area contributed by atoms with Gasteiger partial charge in [0.2, 0.25) is 11.8 Å². The minimum Gasteiger partial charge on any atom is -0.326 e. The lowest BCUT2D eigenvalue weighted by atomic mass is 9.95. The lowest BCUT2D eigenvalue weighted by molar-refractivity contribution is -0.133. The number of nitrogens with zero attached hydrogens (tertiary/aromatic N) is 1. The van der Waals surface area contributed by atoms with Crippen molar-refractivity contribution in [2.24, 2.45) is 17.6 Å². The Morgan fingerprint density at radius 2 is 1.84 bits per heavy atom. The molecule has 1 aromatic carbocycles. The molecule has 1 aliphatic heterocycles. The highest BCUT2D eigenvalue weighted by Gasteiger charge is 2.46. The number of carbonyl (C=O) groups excluding carboxylic acids is 2. The summed E-state index contributed by atoms with van der Waals surface area (Å²) in [7, 11) is 0. The molecular weight excluding hydrogens is 240 g/mol. The van der Waals surface area contributed by atoms with Gasteiger partial charge in [0.15, 0.2) is 0 Å². The molecule has 1 saturated heterocycles. The van der Waals surface area contributed by atoms with Gasteiger partial charge in [0.1, 0.15) is 0 Å². The van der Waals surface area contributed by atoms with E-state index in [0.29, 0.717) is 12.2 Å². The van der Waals surface area contributed by atoms with Gasteiger partial charge >= 0.3 is 0 Å². The molecule has 2 unspecified atom stereocenters. The van der Waals surface area contributed by atoms with E-state index < -0.39 is 0 Å². The molecule has 1 heterocycles. The minimum absolute atomic E-state index is 0.0221. The molecule has 2 amide bonds. The van der Waals surface area contributed by atoms with E-state index in [9.17, 15) is 9.59 Å². The summed E-state index contributed by atoms with van der Waals surface area (Å²) in [6, 6.07) is 5.66. The largest absolute Gasteiger partial charge is 0.326 e. The van der Waals surface area contributed by atoms with Crippen LogP contribution >= 0.6 is 0 Å². The maximum atomic E-state index is 12.4. The summed E-state index contributed by atoms with van der Waals surface area (Å²) < 4.78 is 0. The number of aryl methyl sites for hydroxylation is 1. The number of hydrogen-bond acceptors (Lipinski definition) is 3. The fourth-order valence-electron chi connectivity index (χ4n) is 3.30. The van der Waals surface area contributed by atoms with Gasteiger partial charge in [0.05, 0.1) is 5.69 Å². The van der Waals surface area contributed by atoms with E-state index in [0.717, 1.165) is 30.4 Å².